The van der Waals surface area contributed by atoms with E-state index in [4.69, 9.17) is 14.7 Å². The molecular weight excluding hydrogens is 406 g/mol. The Morgan fingerprint density at radius 2 is 1.94 bits per heavy atom. The Bertz CT molecular complexity index is 992. The molecule has 0 radical (unpaired) electrons. The van der Waals surface area contributed by atoms with Gasteiger partial charge in [-0.25, -0.2) is 9.97 Å². The summed E-state index contributed by atoms with van der Waals surface area (Å²) in [5, 5.41) is 0. The van der Waals surface area contributed by atoms with Gasteiger partial charge in [-0.3, -0.25) is 9.59 Å². The highest BCUT2D eigenvalue weighted by Gasteiger charge is 2.33. The third-order valence-corrected chi connectivity index (χ3v) is 5.83. The molecule has 1 aliphatic rings. The number of ether oxygens (including phenoxy) is 1. The molecule has 8 heteroatoms. The Labute approximate surface area is 190 Å². The van der Waals surface area contributed by atoms with Gasteiger partial charge in [-0.2, -0.15) is 0 Å². The summed E-state index contributed by atoms with van der Waals surface area (Å²) in [5.74, 6) is 2.13. The third-order valence-electron chi connectivity index (χ3n) is 5.83. The van der Waals surface area contributed by atoms with Crippen LogP contribution in [0.25, 0.3) is 0 Å². The molecule has 2 aromatic rings. The van der Waals surface area contributed by atoms with E-state index in [0.717, 1.165) is 41.2 Å². The number of methoxy groups -OCH3 is 1. The lowest BCUT2D eigenvalue weighted by Crippen LogP contribution is -2.33. The van der Waals surface area contributed by atoms with Crippen LogP contribution >= 0.6 is 0 Å². The minimum atomic E-state index is -0.181. The van der Waals surface area contributed by atoms with E-state index in [2.05, 4.69) is 0 Å². The number of nitrogens with zero attached hydrogens (tertiary/aromatic N) is 5. The number of anilines is 1. The summed E-state index contributed by atoms with van der Waals surface area (Å²) in [7, 11) is 7.22. The van der Waals surface area contributed by atoms with Crippen molar-refractivity contribution in [2.24, 2.45) is 0 Å². The van der Waals surface area contributed by atoms with Gasteiger partial charge in [0.25, 0.3) is 0 Å². The van der Waals surface area contributed by atoms with Gasteiger partial charge < -0.3 is 19.4 Å². The fraction of sp³-hybridized carbons (Fsp3) is 0.500. The van der Waals surface area contributed by atoms with E-state index < -0.39 is 0 Å². The van der Waals surface area contributed by atoms with Crippen molar-refractivity contribution in [3.05, 3.63) is 46.9 Å². The molecule has 32 heavy (non-hydrogen) atoms. The second-order valence-electron chi connectivity index (χ2n) is 8.58. The van der Waals surface area contributed by atoms with Crippen molar-refractivity contribution in [1.82, 2.24) is 19.8 Å². The van der Waals surface area contributed by atoms with Crippen LogP contribution in [0, 0.1) is 6.92 Å². The van der Waals surface area contributed by atoms with E-state index in [9.17, 15) is 9.59 Å². The fourth-order valence-electron chi connectivity index (χ4n) is 3.96. The van der Waals surface area contributed by atoms with Gasteiger partial charge in [-0.1, -0.05) is 17.7 Å². The van der Waals surface area contributed by atoms with Crippen molar-refractivity contribution >= 4 is 17.6 Å². The Kier molecular flexibility index (Phi) is 7.33. The van der Waals surface area contributed by atoms with E-state index in [1.807, 2.05) is 55.1 Å². The maximum atomic E-state index is 13.3. The number of hydrogen-bond acceptors (Lipinski definition) is 6. The van der Waals surface area contributed by atoms with Crippen LogP contribution in [0.4, 0.5) is 5.82 Å². The molecule has 8 nitrogen and oxygen atoms in total. The molecule has 1 saturated heterocycles. The zero-order valence-corrected chi connectivity index (χ0v) is 19.9. The average molecular weight is 440 g/mol. The molecular formula is C24H33N5O3. The summed E-state index contributed by atoms with van der Waals surface area (Å²) in [6.45, 7) is 4.61. The van der Waals surface area contributed by atoms with Crippen molar-refractivity contribution in [2.75, 3.05) is 39.7 Å². The van der Waals surface area contributed by atoms with E-state index >= 15 is 0 Å². The van der Waals surface area contributed by atoms with Crippen LogP contribution in [0.15, 0.2) is 24.3 Å². The first-order chi connectivity index (χ1) is 15.2. The van der Waals surface area contributed by atoms with Crippen LogP contribution in [-0.4, -0.2) is 66.4 Å². The number of rotatable bonds is 7. The molecule has 2 amide bonds. The molecule has 0 bridgehead atoms. The second-order valence-corrected chi connectivity index (χ2v) is 8.58. The van der Waals surface area contributed by atoms with Gasteiger partial charge in [-0.15, -0.1) is 0 Å². The average Bonchev–Trinajstić information content (AvgIpc) is 3.23. The predicted octanol–water partition coefficient (Wildman–Crippen LogP) is 2.74. The lowest BCUT2D eigenvalue weighted by atomic mass is 10.1. The molecule has 2 heterocycles. The van der Waals surface area contributed by atoms with Crippen molar-refractivity contribution in [1.29, 1.82) is 0 Å². The summed E-state index contributed by atoms with van der Waals surface area (Å²) in [4.78, 5) is 39.9. The molecule has 172 valence electrons. The fourth-order valence-corrected chi connectivity index (χ4v) is 3.96. The van der Waals surface area contributed by atoms with Gasteiger partial charge in [0.1, 0.15) is 11.6 Å². The standard InChI is InChI=1S/C24H33N5O3/c1-16-9-10-21(32-6)18(12-16)13-23(31)29-11-7-8-20(29)24-25-19(15-28(5)17(2)30)14-22(26-24)27(3)4/h9-10,12,14,20H,7-8,11,13,15H2,1-6H3/t20-/m1/s1. The van der Waals surface area contributed by atoms with Crippen molar-refractivity contribution < 1.29 is 14.3 Å². The summed E-state index contributed by atoms with van der Waals surface area (Å²) in [6.07, 6.45) is 1.99. The number of likely N-dealkylation sites (tertiary alicyclic amines) is 1. The topological polar surface area (TPSA) is 78.9 Å². The molecule has 0 N–H and O–H groups in total. The summed E-state index contributed by atoms with van der Waals surface area (Å²) >= 11 is 0. The van der Waals surface area contributed by atoms with Crippen LogP contribution in [0.1, 0.15) is 48.5 Å². The van der Waals surface area contributed by atoms with E-state index in [1.54, 1.807) is 19.1 Å². The number of aryl methyl sites for hydroxylation is 1. The van der Waals surface area contributed by atoms with Crippen LogP contribution in [0.3, 0.4) is 0 Å². The zero-order chi connectivity index (χ0) is 23.4. The molecule has 0 saturated carbocycles. The minimum absolute atomic E-state index is 0.0265. The van der Waals surface area contributed by atoms with Gasteiger partial charge in [0, 0.05) is 46.2 Å². The van der Waals surface area contributed by atoms with Gasteiger partial charge in [0.15, 0.2) is 5.82 Å². The molecule has 1 atom stereocenters. The molecule has 1 aromatic heterocycles. The summed E-state index contributed by atoms with van der Waals surface area (Å²) in [5.41, 5.74) is 2.73. The number of aromatic nitrogens is 2. The Balaban J connectivity index is 1.88. The van der Waals surface area contributed by atoms with Crippen molar-refractivity contribution in [2.45, 2.75) is 45.7 Å². The minimum Gasteiger partial charge on any atom is -0.496 e. The Morgan fingerprint density at radius 3 is 2.59 bits per heavy atom. The largest absolute Gasteiger partial charge is 0.496 e. The van der Waals surface area contributed by atoms with E-state index in [0.29, 0.717) is 18.9 Å². The number of hydrogen-bond donors (Lipinski definition) is 0. The summed E-state index contributed by atoms with van der Waals surface area (Å²) in [6, 6.07) is 7.59. The Morgan fingerprint density at radius 1 is 1.19 bits per heavy atom. The molecule has 0 aliphatic carbocycles. The highest BCUT2D eigenvalue weighted by Crippen LogP contribution is 2.32. The normalized spacial score (nSPS) is 15.6. The number of carbonyl (C=O) groups is 2. The van der Waals surface area contributed by atoms with Gasteiger partial charge in [0.2, 0.25) is 11.8 Å². The first-order valence-electron chi connectivity index (χ1n) is 10.9. The van der Waals surface area contributed by atoms with Gasteiger partial charge in [0.05, 0.1) is 31.8 Å². The molecule has 1 aromatic carbocycles. The molecule has 1 aliphatic heterocycles. The van der Waals surface area contributed by atoms with Gasteiger partial charge >= 0.3 is 0 Å². The molecule has 0 unspecified atom stereocenters. The van der Waals surface area contributed by atoms with E-state index in [-0.39, 0.29) is 24.3 Å². The first kappa shape index (κ1) is 23.5. The predicted molar refractivity (Wildman–Crippen MR) is 124 cm³/mol. The van der Waals surface area contributed by atoms with Crippen molar-refractivity contribution in [3.8, 4) is 5.75 Å². The van der Waals surface area contributed by atoms with Crippen LogP contribution < -0.4 is 9.64 Å². The molecule has 1 fully saturated rings. The van der Waals surface area contributed by atoms with Crippen LogP contribution in [0.5, 0.6) is 5.75 Å². The number of benzene rings is 1. The highest BCUT2D eigenvalue weighted by molar-refractivity contribution is 5.80. The van der Waals surface area contributed by atoms with Crippen molar-refractivity contribution in [3.63, 3.8) is 0 Å². The molecule has 0 spiro atoms. The maximum Gasteiger partial charge on any atom is 0.227 e. The zero-order valence-electron chi connectivity index (χ0n) is 19.9. The maximum absolute atomic E-state index is 13.3. The third kappa shape index (κ3) is 5.36. The lowest BCUT2D eigenvalue weighted by molar-refractivity contribution is -0.131. The van der Waals surface area contributed by atoms with Crippen LogP contribution in [-0.2, 0) is 22.6 Å². The molecule has 3 rings (SSSR count). The first-order valence-corrected chi connectivity index (χ1v) is 10.9. The van der Waals surface area contributed by atoms with E-state index in [1.165, 1.54) is 6.92 Å². The highest BCUT2D eigenvalue weighted by atomic mass is 16.5. The Hall–Kier alpha value is -3.16. The second kappa shape index (κ2) is 9.97. The SMILES string of the molecule is COc1ccc(C)cc1CC(=O)N1CCC[C@@H]1c1nc(CN(C)C(C)=O)cc(N(C)C)n1. The smallest absolute Gasteiger partial charge is 0.227 e. The quantitative estimate of drug-likeness (QED) is 0.660. The number of amides is 2. The summed E-state index contributed by atoms with van der Waals surface area (Å²) < 4.78 is 5.46. The lowest BCUT2D eigenvalue weighted by Gasteiger charge is -2.26. The van der Waals surface area contributed by atoms with Gasteiger partial charge in [-0.05, 0) is 25.8 Å². The van der Waals surface area contributed by atoms with Crippen LogP contribution in [0.2, 0.25) is 0 Å². The monoisotopic (exact) mass is 439 g/mol. The number of carbonyl (C=O) groups excluding carboxylic acids is 2.